The van der Waals surface area contributed by atoms with Gasteiger partial charge in [-0.05, 0) is 53.0 Å². The fraction of sp³-hybridized carbons (Fsp3) is 0.333. The van der Waals surface area contributed by atoms with Crippen molar-refractivity contribution < 1.29 is 10.0 Å². The first-order valence-electron chi connectivity index (χ1n) is 11.8. The number of aromatic nitrogens is 3. The number of rotatable bonds is 13. The van der Waals surface area contributed by atoms with E-state index in [1.54, 1.807) is 24.3 Å². The van der Waals surface area contributed by atoms with Crippen LogP contribution in [0.3, 0.4) is 0 Å². The number of hydrazone groups is 1. The van der Waals surface area contributed by atoms with Crippen molar-refractivity contribution in [2.24, 2.45) is 5.10 Å². The van der Waals surface area contributed by atoms with Gasteiger partial charge in [0.15, 0.2) is 0 Å². The van der Waals surface area contributed by atoms with E-state index >= 15 is 0 Å². The highest BCUT2D eigenvalue weighted by Crippen LogP contribution is 2.30. The number of phenols is 1. The summed E-state index contributed by atoms with van der Waals surface area (Å²) < 4.78 is 1.31. The van der Waals surface area contributed by atoms with Crippen molar-refractivity contribution in [3.05, 3.63) is 61.0 Å². The summed E-state index contributed by atoms with van der Waals surface area (Å²) in [5.74, 6) is 1.02. The van der Waals surface area contributed by atoms with Crippen LogP contribution in [0.15, 0.2) is 50.4 Å². The molecule has 3 N–H and O–H groups in total. The molecule has 11 nitrogen and oxygen atoms in total. The summed E-state index contributed by atoms with van der Waals surface area (Å²) in [5.41, 5.74) is 3.90. The van der Waals surface area contributed by atoms with Crippen LogP contribution in [0.2, 0.25) is 0 Å². The number of halogens is 2. The number of aromatic hydroxyl groups is 1. The van der Waals surface area contributed by atoms with Gasteiger partial charge in [-0.15, -0.1) is 0 Å². The fourth-order valence-corrected chi connectivity index (χ4v) is 4.52. The zero-order valence-corrected chi connectivity index (χ0v) is 23.7. The molecule has 0 spiro atoms. The van der Waals surface area contributed by atoms with Gasteiger partial charge in [-0.3, -0.25) is 10.1 Å². The third-order valence-electron chi connectivity index (χ3n) is 5.23. The smallest absolute Gasteiger partial charge is 0.269 e. The molecule has 0 fully saturated rings. The lowest BCUT2D eigenvalue weighted by molar-refractivity contribution is -0.384. The van der Waals surface area contributed by atoms with Crippen molar-refractivity contribution in [1.29, 1.82) is 0 Å². The van der Waals surface area contributed by atoms with Gasteiger partial charge in [0.2, 0.25) is 17.8 Å². The zero-order valence-electron chi connectivity index (χ0n) is 20.5. The highest BCUT2D eigenvalue weighted by Gasteiger charge is 2.14. The van der Waals surface area contributed by atoms with Crippen molar-refractivity contribution >= 4 is 67.3 Å². The molecule has 0 amide bonds. The van der Waals surface area contributed by atoms with Crippen molar-refractivity contribution in [3.8, 4) is 5.75 Å². The predicted octanol–water partition coefficient (Wildman–Crippen LogP) is 6.61. The summed E-state index contributed by atoms with van der Waals surface area (Å²) in [6.45, 7) is 5.84. The van der Waals surface area contributed by atoms with Crippen LogP contribution >= 0.6 is 31.9 Å². The number of nitro benzene ring substituents is 1. The van der Waals surface area contributed by atoms with Crippen LogP contribution in [0.4, 0.5) is 29.2 Å². The lowest BCUT2D eigenvalue weighted by Crippen LogP contribution is -2.28. The number of phenolic OH excluding ortho intramolecular Hbond substituents is 1. The van der Waals surface area contributed by atoms with Crippen LogP contribution < -0.4 is 15.6 Å². The third-order valence-corrected chi connectivity index (χ3v) is 6.29. The molecule has 1 heterocycles. The van der Waals surface area contributed by atoms with Crippen molar-refractivity contribution in [2.45, 2.75) is 39.5 Å². The van der Waals surface area contributed by atoms with Gasteiger partial charge in [-0.25, -0.2) is 5.43 Å². The second-order valence-corrected chi connectivity index (χ2v) is 9.87. The first-order valence-corrected chi connectivity index (χ1v) is 13.4. The van der Waals surface area contributed by atoms with Gasteiger partial charge >= 0.3 is 0 Å². The van der Waals surface area contributed by atoms with Crippen LogP contribution in [-0.4, -0.2) is 44.3 Å². The summed E-state index contributed by atoms with van der Waals surface area (Å²) in [4.78, 5) is 26.2. The Balaban J connectivity index is 1.91. The highest BCUT2D eigenvalue weighted by atomic mass is 79.9. The summed E-state index contributed by atoms with van der Waals surface area (Å²) in [5, 5.41) is 28.6. The van der Waals surface area contributed by atoms with Crippen molar-refractivity contribution in [3.63, 3.8) is 0 Å². The largest absolute Gasteiger partial charge is 0.506 e. The number of nitrogens with one attached hydrogen (secondary N) is 2. The molecule has 0 saturated heterocycles. The van der Waals surface area contributed by atoms with E-state index in [1.165, 1.54) is 18.3 Å². The van der Waals surface area contributed by atoms with E-state index in [1.807, 2.05) is 0 Å². The standard InChI is InChI=1S/C24H28Br2N8O3/c1-3-5-11-33(12-6-4-2)24-30-22(28-18-7-9-19(10-8-18)34(36)37)29-23(31-24)32-27-15-16-13-17(25)14-20(26)21(16)35/h7-10,13-15,35H,3-6,11-12H2,1-2H3,(H2,28,29,30,31,32)/b27-15-. The minimum Gasteiger partial charge on any atom is -0.506 e. The van der Waals surface area contributed by atoms with E-state index < -0.39 is 4.92 Å². The highest BCUT2D eigenvalue weighted by molar-refractivity contribution is 9.11. The molecule has 0 atom stereocenters. The maximum atomic E-state index is 11.0. The Morgan fingerprint density at radius 3 is 2.32 bits per heavy atom. The van der Waals surface area contributed by atoms with Gasteiger partial charge in [0, 0.05) is 40.9 Å². The average Bonchev–Trinajstić information content (AvgIpc) is 2.87. The number of nitro groups is 1. The number of hydrogen-bond acceptors (Lipinski definition) is 10. The van der Waals surface area contributed by atoms with Crippen LogP contribution in [-0.2, 0) is 0 Å². The number of non-ortho nitro benzene ring substituents is 1. The number of benzene rings is 2. The van der Waals surface area contributed by atoms with Crippen LogP contribution in [0.1, 0.15) is 45.1 Å². The van der Waals surface area contributed by atoms with Crippen LogP contribution in [0.5, 0.6) is 5.75 Å². The topological polar surface area (TPSA) is 142 Å². The molecule has 0 aliphatic heterocycles. The molecule has 13 heteroatoms. The summed E-state index contributed by atoms with van der Waals surface area (Å²) in [6.07, 6.45) is 5.49. The van der Waals surface area contributed by atoms with E-state index in [9.17, 15) is 15.2 Å². The van der Waals surface area contributed by atoms with E-state index in [0.717, 1.165) is 43.2 Å². The van der Waals surface area contributed by atoms with Crippen LogP contribution in [0.25, 0.3) is 0 Å². The lowest BCUT2D eigenvalue weighted by Gasteiger charge is -2.23. The minimum atomic E-state index is -0.453. The molecule has 3 aromatic rings. The van der Waals surface area contributed by atoms with Gasteiger partial charge in [0.1, 0.15) is 5.75 Å². The monoisotopic (exact) mass is 634 g/mol. The average molecular weight is 636 g/mol. The number of anilines is 4. The maximum Gasteiger partial charge on any atom is 0.269 e. The maximum absolute atomic E-state index is 11.0. The molecule has 0 bridgehead atoms. The Bertz CT molecular complexity index is 1230. The second-order valence-electron chi connectivity index (χ2n) is 8.10. The van der Waals surface area contributed by atoms with E-state index in [0.29, 0.717) is 21.7 Å². The van der Waals surface area contributed by atoms with E-state index in [2.05, 4.69) is 81.4 Å². The lowest BCUT2D eigenvalue weighted by atomic mass is 10.2. The first kappa shape index (κ1) is 28.3. The Hall–Kier alpha value is -3.32. The summed E-state index contributed by atoms with van der Waals surface area (Å²) in [7, 11) is 0. The van der Waals surface area contributed by atoms with Gasteiger partial charge in [-0.1, -0.05) is 42.6 Å². The molecule has 0 saturated carbocycles. The van der Waals surface area contributed by atoms with Crippen molar-refractivity contribution in [1.82, 2.24) is 15.0 Å². The number of unbranched alkanes of at least 4 members (excludes halogenated alkanes) is 2. The van der Waals surface area contributed by atoms with Gasteiger partial charge in [0.25, 0.3) is 5.69 Å². The molecule has 1 aromatic heterocycles. The molecule has 0 radical (unpaired) electrons. The Morgan fingerprint density at radius 1 is 1.05 bits per heavy atom. The molecule has 196 valence electrons. The molecule has 0 aliphatic rings. The number of hydrogen-bond donors (Lipinski definition) is 3. The van der Waals surface area contributed by atoms with E-state index in [4.69, 9.17) is 0 Å². The molecule has 3 rings (SSSR count). The number of nitrogens with zero attached hydrogens (tertiary/aromatic N) is 6. The fourth-order valence-electron chi connectivity index (χ4n) is 3.26. The SMILES string of the molecule is CCCCN(CCCC)c1nc(N/N=C\c2cc(Br)cc(Br)c2O)nc(Nc2ccc([N+](=O)[O-])cc2)n1. The molecular formula is C24H28Br2N8O3. The van der Waals surface area contributed by atoms with Crippen LogP contribution in [0, 0.1) is 10.1 Å². The quantitative estimate of drug-likeness (QED) is 0.107. The second kappa shape index (κ2) is 13.8. The summed E-state index contributed by atoms with van der Waals surface area (Å²) in [6, 6.07) is 9.45. The Morgan fingerprint density at radius 2 is 1.70 bits per heavy atom. The molecule has 2 aromatic carbocycles. The zero-order chi connectivity index (χ0) is 26.8. The Kier molecular flexibility index (Phi) is 10.6. The van der Waals surface area contributed by atoms with Gasteiger partial charge in [-0.2, -0.15) is 20.1 Å². The molecule has 0 unspecified atom stereocenters. The van der Waals surface area contributed by atoms with Gasteiger partial charge in [0.05, 0.1) is 15.6 Å². The third kappa shape index (κ3) is 8.35. The Labute approximate surface area is 231 Å². The molecular weight excluding hydrogens is 608 g/mol. The van der Waals surface area contributed by atoms with E-state index in [-0.39, 0.29) is 23.3 Å². The minimum absolute atomic E-state index is 0.00803. The molecule has 0 aliphatic carbocycles. The van der Waals surface area contributed by atoms with Gasteiger partial charge < -0.3 is 15.3 Å². The normalized spacial score (nSPS) is 11.0. The first-order chi connectivity index (χ1) is 17.8. The molecule has 37 heavy (non-hydrogen) atoms. The predicted molar refractivity (Wildman–Crippen MR) is 153 cm³/mol. The van der Waals surface area contributed by atoms with Crippen molar-refractivity contribution in [2.75, 3.05) is 28.7 Å². The summed E-state index contributed by atoms with van der Waals surface area (Å²) >= 11 is 6.70.